The van der Waals surface area contributed by atoms with Gasteiger partial charge >= 0.3 is 6.18 Å². The predicted octanol–water partition coefficient (Wildman–Crippen LogP) is 2.37. The van der Waals surface area contributed by atoms with E-state index in [-0.39, 0.29) is 17.5 Å². The molecular formula is C16H20F3N3O2. The largest absolute Gasteiger partial charge is 0.405 e. The minimum atomic E-state index is -4.47. The fourth-order valence-corrected chi connectivity index (χ4v) is 2.54. The molecule has 5 nitrogen and oxygen atoms in total. The quantitative estimate of drug-likeness (QED) is 0.769. The van der Waals surface area contributed by atoms with Gasteiger partial charge in [0, 0.05) is 23.7 Å². The molecule has 2 rings (SSSR count). The van der Waals surface area contributed by atoms with E-state index in [4.69, 9.17) is 0 Å². The third-order valence-corrected chi connectivity index (χ3v) is 3.82. The van der Waals surface area contributed by atoms with Crippen LogP contribution >= 0.6 is 0 Å². The van der Waals surface area contributed by atoms with Gasteiger partial charge in [-0.2, -0.15) is 13.2 Å². The van der Waals surface area contributed by atoms with Gasteiger partial charge in [0.2, 0.25) is 5.91 Å². The molecule has 1 aliphatic rings. The number of rotatable bonds is 5. The van der Waals surface area contributed by atoms with Gasteiger partial charge in [-0.3, -0.25) is 9.59 Å². The first-order chi connectivity index (χ1) is 11.2. The zero-order valence-corrected chi connectivity index (χ0v) is 13.3. The molecule has 1 aromatic carbocycles. The summed E-state index contributed by atoms with van der Waals surface area (Å²) in [5, 5.41) is 7.75. The Labute approximate surface area is 138 Å². The molecule has 1 aromatic rings. The number of halogens is 3. The Morgan fingerprint density at radius 2 is 2.08 bits per heavy atom. The van der Waals surface area contributed by atoms with Crippen LogP contribution in [0.2, 0.25) is 0 Å². The van der Waals surface area contributed by atoms with Gasteiger partial charge in [0.15, 0.2) is 0 Å². The number of aryl methyl sites for hydroxylation is 1. The Hall–Kier alpha value is -2.09. The molecular weight excluding hydrogens is 323 g/mol. The number of benzene rings is 1. The van der Waals surface area contributed by atoms with E-state index in [0.717, 1.165) is 24.9 Å². The molecule has 1 atom stereocenters. The number of amides is 2. The van der Waals surface area contributed by atoms with E-state index in [2.05, 4.69) is 10.6 Å². The summed E-state index contributed by atoms with van der Waals surface area (Å²) < 4.78 is 36.5. The molecule has 2 amide bonds. The van der Waals surface area contributed by atoms with Crippen molar-refractivity contribution in [2.24, 2.45) is 0 Å². The molecule has 1 fully saturated rings. The van der Waals surface area contributed by atoms with E-state index in [0.29, 0.717) is 12.1 Å². The van der Waals surface area contributed by atoms with Crippen LogP contribution in [-0.4, -0.2) is 37.1 Å². The minimum Gasteiger partial charge on any atom is -0.343 e. The smallest absolute Gasteiger partial charge is 0.343 e. The van der Waals surface area contributed by atoms with Crippen molar-refractivity contribution in [1.29, 1.82) is 0 Å². The SMILES string of the molecule is Cc1ccc(C(=O)NCC(F)(F)F)cc1NC(=O)CC1CCCN1. The lowest BCUT2D eigenvalue weighted by Crippen LogP contribution is -2.33. The zero-order chi connectivity index (χ0) is 17.7. The highest BCUT2D eigenvalue weighted by molar-refractivity contribution is 5.97. The van der Waals surface area contributed by atoms with E-state index in [1.54, 1.807) is 13.0 Å². The number of carbonyl (C=O) groups excluding carboxylic acids is 2. The maximum Gasteiger partial charge on any atom is 0.405 e. The van der Waals surface area contributed by atoms with Crippen LogP contribution in [0.1, 0.15) is 35.2 Å². The lowest BCUT2D eigenvalue weighted by atomic mass is 10.1. The van der Waals surface area contributed by atoms with Gasteiger partial charge in [-0.25, -0.2) is 0 Å². The molecule has 0 aliphatic carbocycles. The molecule has 1 heterocycles. The molecule has 132 valence electrons. The van der Waals surface area contributed by atoms with Gasteiger partial charge in [-0.1, -0.05) is 6.07 Å². The van der Waals surface area contributed by atoms with Gasteiger partial charge in [0.05, 0.1) is 0 Å². The topological polar surface area (TPSA) is 70.2 Å². The number of anilines is 1. The average molecular weight is 343 g/mol. The van der Waals surface area contributed by atoms with Crippen LogP contribution in [0, 0.1) is 6.92 Å². The third-order valence-electron chi connectivity index (χ3n) is 3.82. The lowest BCUT2D eigenvalue weighted by Gasteiger charge is -2.14. The highest BCUT2D eigenvalue weighted by atomic mass is 19.4. The summed E-state index contributed by atoms with van der Waals surface area (Å²) in [6.07, 6.45) is -2.17. The molecule has 0 radical (unpaired) electrons. The van der Waals surface area contributed by atoms with Gasteiger partial charge in [0.1, 0.15) is 6.54 Å². The number of alkyl halides is 3. The Bertz CT molecular complexity index is 611. The number of hydrogen-bond acceptors (Lipinski definition) is 3. The van der Waals surface area contributed by atoms with E-state index in [9.17, 15) is 22.8 Å². The summed E-state index contributed by atoms with van der Waals surface area (Å²) in [6, 6.07) is 4.55. The second-order valence-corrected chi connectivity index (χ2v) is 5.87. The van der Waals surface area contributed by atoms with Crippen LogP contribution < -0.4 is 16.0 Å². The van der Waals surface area contributed by atoms with Crippen molar-refractivity contribution in [3.8, 4) is 0 Å². The maximum atomic E-state index is 12.2. The molecule has 0 bridgehead atoms. The van der Waals surface area contributed by atoms with Crippen LogP contribution in [0.25, 0.3) is 0 Å². The van der Waals surface area contributed by atoms with Gasteiger partial charge < -0.3 is 16.0 Å². The molecule has 0 aromatic heterocycles. The molecule has 1 saturated heterocycles. The molecule has 1 aliphatic heterocycles. The van der Waals surface area contributed by atoms with E-state index in [1.807, 2.05) is 5.32 Å². The molecule has 3 N–H and O–H groups in total. The van der Waals surface area contributed by atoms with Crippen molar-refractivity contribution in [2.75, 3.05) is 18.4 Å². The summed E-state index contributed by atoms with van der Waals surface area (Å²) >= 11 is 0. The fraction of sp³-hybridized carbons (Fsp3) is 0.500. The predicted molar refractivity (Wildman–Crippen MR) is 83.8 cm³/mol. The number of carbonyl (C=O) groups is 2. The van der Waals surface area contributed by atoms with Crippen molar-refractivity contribution in [1.82, 2.24) is 10.6 Å². The van der Waals surface area contributed by atoms with E-state index in [1.165, 1.54) is 12.1 Å². The Morgan fingerprint density at radius 1 is 1.33 bits per heavy atom. The summed E-state index contributed by atoms with van der Waals surface area (Å²) in [4.78, 5) is 23.8. The zero-order valence-electron chi connectivity index (χ0n) is 13.3. The van der Waals surface area contributed by atoms with Crippen LogP contribution in [0.15, 0.2) is 18.2 Å². The Morgan fingerprint density at radius 3 is 2.71 bits per heavy atom. The first-order valence-electron chi connectivity index (χ1n) is 7.73. The van der Waals surface area contributed by atoms with Crippen LogP contribution in [-0.2, 0) is 4.79 Å². The summed E-state index contributed by atoms with van der Waals surface area (Å²) in [6.45, 7) is 1.25. The maximum absolute atomic E-state index is 12.2. The Kier molecular flexibility index (Phi) is 5.82. The van der Waals surface area contributed by atoms with Crippen molar-refractivity contribution < 1.29 is 22.8 Å². The number of nitrogens with one attached hydrogen (secondary N) is 3. The monoisotopic (exact) mass is 343 g/mol. The first-order valence-corrected chi connectivity index (χ1v) is 7.73. The first kappa shape index (κ1) is 18.3. The summed E-state index contributed by atoms with van der Waals surface area (Å²) in [5.74, 6) is -1.02. The molecule has 24 heavy (non-hydrogen) atoms. The average Bonchev–Trinajstić information content (AvgIpc) is 2.99. The third kappa shape index (κ3) is 5.52. The number of hydrogen-bond donors (Lipinski definition) is 3. The van der Waals surface area contributed by atoms with Crippen molar-refractivity contribution in [2.45, 2.75) is 38.4 Å². The standard InChI is InChI=1S/C16H20F3N3O2/c1-10-4-5-11(15(24)21-9-16(17,18)19)7-13(10)22-14(23)8-12-3-2-6-20-12/h4-5,7,12,20H,2-3,6,8-9H2,1H3,(H,21,24)(H,22,23). The molecule has 1 unspecified atom stereocenters. The van der Waals surface area contributed by atoms with E-state index >= 15 is 0 Å². The molecule has 0 spiro atoms. The van der Waals surface area contributed by atoms with Crippen molar-refractivity contribution >= 4 is 17.5 Å². The normalized spacial score (nSPS) is 17.6. The highest BCUT2D eigenvalue weighted by Crippen LogP contribution is 2.19. The van der Waals surface area contributed by atoms with Gasteiger partial charge in [0.25, 0.3) is 5.91 Å². The second kappa shape index (κ2) is 7.65. The van der Waals surface area contributed by atoms with Gasteiger partial charge in [-0.05, 0) is 44.0 Å². The van der Waals surface area contributed by atoms with Crippen molar-refractivity contribution in [3.05, 3.63) is 29.3 Å². The lowest BCUT2D eigenvalue weighted by molar-refractivity contribution is -0.123. The van der Waals surface area contributed by atoms with Crippen LogP contribution in [0.4, 0.5) is 18.9 Å². The van der Waals surface area contributed by atoms with E-state index < -0.39 is 18.6 Å². The fourth-order valence-electron chi connectivity index (χ4n) is 2.54. The van der Waals surface area contributed by atoms with Gasteiger partial charge in [-0.15, -0.1) is 0 Å². The summed E-state index contributed by atoms with van der Waals surface area (Å²) in [5.41, 5.74) is 1.23. The Balaban J connectivity index is 1.99. The second-order valence-electron chi connectivity index (χ2n) is 5.87. The van der Waals surface area contributed by atoms with Crippen molar-refractivity contribution in [3.63, 3.8) is 0 Å². The van der Waals surface area contributed by atoms with Crippen LogP contribution in [0.5, 0.6) is 0 Å². The summed E-state index contributed by atoms with van der Waals surface area (Å²) in [7, 11) is 0. The highest BCUT2D eigenvalue weighted by Gasteiger charge is 2.28. The molecule has 0 saturated carbocycles. The molecule has 8 heteroatoms. The van der Waals surface area contributed by atoms with Crippen LogP contribution in [0.3, 0.4) is 0 Å². The minimum absolute atomic E-state index is 0.0686.